The highest BCUT2D eigenvalue weighted by atomic mass is 16.4. The highest BCUT2D eigenvalue weighted by Crippen LogP contribution is 1.91. The van der Waals surface area contributed by atoms with Crippen LogP contribution in [-0.4, -0.2) is 41.5 Å². The molecule has 1 unspecified atom stereocenters. The van der Waals surface area contributed by atoms with Crippen molar-refractivity contribution in [1.82, 2.24) is 10.6 Å². The van der Waals surface area contributed by atoms with Gasteiger partial charge in [-0.15, -0.1) is 0 Å². The van der Waals surface area contributed by atoms with Gasteiger partial charge in [-0.1, -0.05) is 13.8 Å². The summed E-state index contributed by atoms with van der Waals surface area (Å²) in [6.07, 6.45) is -0.414. The summed E-state index contributed by atoms with van der Waals surface area (Å²) < 4.78 is 0. The second-order valence-corrected chi connectivity index (χ2v) is 3.66. The lowest BCUT2D eigenvalue weighted by Crippen LogP contribution is -2.47. The molecule has 1 atom stereocenters. The normalized spacial score (nSPS) is 12.2. The SMILES string of the molecule is CC(C)NCC(=O)NC(CC(N)=O)C(=O)O. The molecule has 2 amide bonds. The van der Waals surface area contributed by atoms with Crippen molar-refractivity contribution in [3.8, 4) is 0 Å². The Morgan fingerprint density at radius 3 is 2.25 bits per heavy atom. The molecule has 7 heteroatoms. The van der Waals surface area contributed by atoms with Gasteiger partial charge in [-0.2, -0.15) is 0 Å². The Hall–Kier alpha value is -1.63. The van der Waals surface area contributed by atoms with E-state index in [2.05, 4.69) is 10.6 Å². The highest BCUT2D eigenvalue weighted by Gasteiger charge is 2.21. The van der Waals surface area contributed by atoms with E-state index >= 15 is 0 Å². The van der Waals surface area contributed by atoms with Gasteiger partial charge in [0.25, 0.3) is 0 Å². The molecule has 0 aromatic heterocycles. The number of amides is 2. The highest BCUT2D eigenvalue weighted by molar-refractivity contribution is 5.88. The molecule has 0 radical (unpaired) electrons. The van der Waals surface area contributed by atoms with Crippen LogP contribution < -0.4 is 16.4 Å². The first-order valence-corrected chi connectivity index (χ1v) is 4.86. The van der Waals surface area contributed by atoms with Crippen LogP contribution >= 0.6 is 0 Å². The number of nitrogens with two attached hydrogens (primary N) is 1. The average Bonchev–Trinajstić information content (AvgIpc) is 2.12. The molecular formula is C9H17N3O4. The molecule has 92 valence electrons. The number of aliphatic carboxylic acids is 1. The molecule has 0 saturated heterocycles. The Labute approximate surface area is 93.4 Å². The lowest BCUT2D eigenvalue weighted by atomic mass is 10.2. The summed E-state index contributed by atoms with van der Waals surface area (Å²) in [5.74, 6) is -2.54. The predicted molar refractivity (Wildman–Crippen MR) is 56.5 cm³/mol. The van der Waals surface area contributed by atoms with Crippen molar-refractivity contribution < 1.29 is 19.5 Å². The van der Waals surface area contributed by atoms with E-state index in [9.17, 15) is 14.4 Å². The fourth-order valence-electron chi connectivity index (χ4n) is 0.943. The number of carboxylic acid groups (broad SMARTS) is 1. The van der Waals surface area contributed by atoms with Crippen molar-refractivity contribution in [3.05, 3.63) is 0 Å². The molecule has 5 N–H and O–H groups in total. The molecule has 0 spiro atoms. The number of carbonyl (C=O) groups is 3. The number of hydrogen-bond acceptors (Lipinski definition) is 4. The number of rotatable bonds is 7. The first-order valence-electron chi connectivity index (χ1n) is 4.86. The zero-order valence-electron chi connectivity index (χ0n) is 9.32. The van der Waals surface area contributed by atoms with E-state index in [1.54, 1.807) is 0 Å². The molecule has 7 nitrogen and oxygen atoms in total. The molecule has 0 aromatic carbocycles. The third-order valence-electron chi connectivity index (χ3n) is 1.71. The molecule has 0 aliphatic heterocycles. The Kier molecular flexibility index (Phi) is 6.09. The van der Waals surface area contributed by atoms with Gasteiger partial charge in [0.15, 0.2) is 0 Å². The van der Waals surface area contributed by atoms with Crippen molar-refractivity contribution in [2.24, 2.45) is 5.73 Å². The standard InChI is InChI=1S/C9H17N3O4/c1-5(2)11-4-8(14)12-6(9(15)16)3-7(10)13/h5-6,11H,3-4H2,1-2H3,(H2,10,13)(H,12,14)(H,15,16). The second-order valence-electron chi connectivity index (χ2n) is 3.66. The molecule has 0 heterocycles. The summed E-state index contributed by atoms with van der Waals surface area (Å²) in [6, 6.07) is -1.15. The maximum absolute atomic E-state index is 11.3. The summed E-state index contributed by atoms with van der Waals surface area (Å²) in [5.41, 5.74) is 4.86. The fraction of sp³-hybridized carbons (Fsp3) is 0.667. The van der Waals surface area contributed by atoms with E-state index in [4.69, 9.17) is 10.8 Å². The van der Waals surface area contributed by atoms with Crippen LogP contribution in [0.5, 0.6) is 0 Å². The van der Waals surface area contributed by atoms with Crippen LogP contribution in [0.3, 0.4) is 0 Å². The molecule has 0 aliphatic carbocycles. The largest absolute Gasteiger partial charge is 0.480 e. The number of nitrogens with one attached hydrogen (secondary N) is 2. The van der Waals surface area contributed by atoms with Gasteiger partial charge in [-0.3, -0.25) is 9.59 Å². The van der Waals surface area contributed by atoms with E-state index in [-0.39, 0.29) is 12.6 Å². The fourth-order valence-corrected chi connectivity index (χ4v) is 0.943. The van der Waals surface area contributed by atoms with E-state index in [0.717, 1.165) is 0 Å². The lowest BCUT2D eigenvalue weighted by Gasteiger charge is -2.14. The smallest absolute Gasteiger partial charge is 0.326 e. The van der Waals surface area contributed by atoms with Crippen LogP contribution in [0.1, 0.15) is 20.3 Å². The first kappa shape index (κ1) is 14.4. The minimum atomic E-state index is -1.28. The van der Waals surface area contributed by atoms with Crippen LogP contribution in [0, 0.1) is 0 Å². The van der Waals surface area contributed by atoms with E-state index in [0.29, 0.717) is 0 Å². The molecule has 0 aliphatic rings. The molecule has 0 rings (SSSR count). The van der Waals surface area contributed by atoms with Crippen molar-refractivity contribution >= 4 is 17.8 Å². The summed E-state index contributed by atoms with van der Waals surface area (Å²) in [7, 11) is 0. The minimum Gasteiger partial charge on any atom is -0.480 e. The summed E-state index contributed by atoms with van der Waals surface area (Å²) in [5, 5.41) is 13.7. The summed E-state index contributed by atoms with van der Waals surface area (Å²) in [4.78, 5) is 32.5. The molecule has 0 bridgehead atoms. The average molecular weight is 231 g/mol. The quantitative estimate of drug-likeness (QED) is 0.421. The number of carbonyl (C=O) groups excluding carboxylic acids is 2. The summed E-state index contributed by atoms with van der Waals surface area (Å²) >= 11 is 0. The summed E-state index contributed by atoms with van der Waals surface area (Å²) in [6.45, 7) is 3.71. The Bertz CT molecular complexity index is 278. The van der Waals surface area contributed by atoms with Gasteiger partial charge < -0.3 is 21.5 Å². The molecule has 0 aromatic rings. The minimum absolute atomic E-state index is 0.000207. The molecule has 16 heavy (non-hydrogen) atoms. The predicted octanol–water partition coefficient (Wildman–Crippen LogP) is -1.57. The van der Waals surface area contributed by atoms with Crippen LogP contribution in [-0.2, 0) is 14.4 Å². The maximum Gasteiger partial charge on any atom is 0.326 e. The van der Waals surface area contributed by atoms with Gasteiger partial charge in [-0.25, -0.2) is 4.79 Å². The van der Waals surface area contributed by atoms with E-state index in [1.165, 1.54) is 0 Å². The van der Waals surface area contributed by atoms with E-state index < -0.39 is 30.2 Å². The monoisotopic (exact) mass is 231 g/mol. The van der Waals surface area contributed by atoms with Gasteiger partial charge in [0.1, 0.15) is 6.04 Å². The topological polar surface area (TPSA) is 122 Å². The third-order valence-corrected chi connectivity index (χ3v) is 1.71. The molecule has 0 fully saturated rings. The lowest BCUT2D eigenvalue weighted by molar-refractivity contribution is -0.143. The Morgan fingerprint density at radius 1 is 1.31 bits per heavy atom. The van der Waals surface area contributed by atoms with Crippen molar-refractivity contribution in [1.29, 1.82) is 0 Å². The first-order chi connectivity index (χ1) is 7.32. The van der Waals surface area contributed by atoms with E-state index in [1.807, 2.05) is 13.8 Å². The maximum atomic E-state index is 11.3. The van der Waals surface area contributed by atoms with Gasteiger partial charge in [-0.05, 0) is 0 Å². The van der Waals surface area contributed by atoms with Gasteiger partial charge in [0, 0.05) is 6.04 Å². The van der Waals surface area contributed by atoms with Crippen molar-refractivity contribution in [3.63, 3.8) is 0 Å². The van der Waals surface area contributed by atoms with Crippen molar-refractivity contribution in [2.45, 2.75) is 32.4 Å². The Balaban J connectivity index is 4.13. The van der Waals surface area contributed by atoms with Crippen molar-refractivity contribution in [2.75, 3.05) is 6.54 Å². The van der Waals surface area contributed by atoms with Crippen LogP contribution in [0.2, 0.25) is 0 Å². The van der Waals surface area contributed by atoms with Gasteiger partial charge in [0.05, 0.1) is 13.0 Å². The molecular weight excluding hydrogens is 214 g/mol. The van der Waals surface area contributed by atoms with Gasteiger partial charge in [0.2, 0.25) is 11.8 Å². The zero-order chi connectivity index (χ0) is 12.7. The van der Waals surface area contributed by atoms with Crippen LogP contribution in [0.4, 0.5) is 0 Å². The number of hydrogen-bond donors (Lipinski definition) is 4. The molecule has 0 saturated carbocycles. The Morgan fingerprint density at radius 2 is 1.88 bits per heavy atom. The van der Waals surface area contributed by atoms with Crippen LogP contribution in [0.25, 0.3) is 0 Å². The zero-order valence-corrected chi connectivity index (χ0v) is 9.32. The number of carboxylic acids is 1. The second kappa shape index (κ2) is 6.78. The number of primary amides is 1. The van der Waals surface area contributed by atoms with Crippen LogP contribution in [0.15, 0.2) is 0 Å². The third kappa shape index (κ3) is 6.77. The van der Waals surface area contributed by atoms with Gasteiger partial charge >= 0.3 is 5.97 Å².